The highest BCUT2D eigenvalue weighted by molar-refractivity contribution is 5.88. The molecule has 104 valence electrons. The third-order valence-electron chi connectivity index (χ3n) is 3.79. The van der Waals surface area contributed by atoms with Gasteiger partial charge in [-0.3, -0.25) is 0 Å². The van der Waals surface area contributed by atoms with Crippen molar-refractivity contribution in [3.05, 3.63) is 23.8 Å². The van der Waals surface area contributed by atoms with Gasteiger partial charge in [0.1, 0.15) is 11.9 Å². The summed E-state index contributed by atoms with van der Waals surface area (Å²) in [6, 6.07) is 0.445. The van der Waals surface area contributed by atoms with Crippen LogP contribution in [-0.4, -0.2) is 27.1 Å². The van der Waals surface area contributed by atoms with Crippen LogP contribution in [0.3, 0.4) is 0 Å². The van der Waals surface area contributed by atoms with Crippen LogP contribution >= 0.6 is 0 Å². The highest BCUT2D eigenvalue weighted by Crippen LogP contribution is 2.35. The van der Waals surface area contributed by atoms with Gasteiger partial charge in [0.05, 0.1) is 5.69 Å². The van der Waals surface area contributed by atoms with Gasteiger partial charge in [0, 0.05) is 18.8 Å². The number of carboxylic acid groups (broad SMARTS) is 1. The molecule has 1 saturated carbocycles. The normalized spacial score (nSPS) is 22.1. The smallest absolute Gasteiger partial charge is 0.339 e. The zero-order chi connectivity index (χ0) is 13.9. The molecule has 1 aliphatic carbocycles. The molecule has 0 saturated heterocycles. The van der Waals surface area contributed by atoms with Crippen LogP contribution in [0.25, 0.3) is 0 Å². The lowest BCUT2D eigenvalue weighted by Gasteiger charge is -2.35. The first-order chi connectivity index (χ1) is 8.98. The fourth-order valence-corrected chi connectivity index (χ4v) is 2.79. The molecule has 5 nitrogen and oxygen atoms in total. The van der Waals surface area contributed by atoms with Crippen molar-refractivity contribution in [2.24, 2.45) is 5.41 Å². The molecule has 1 fully saturated rings. The van der Waals surface area contributed by atoms with Crippen molar-refractivity contribution in [1.29, 1.82) is 0 Å². The Kier molecular flexibility index (Phi) is 4.14. The maximum Gasteiger partial charge on any atom is 0.339 e. The van der Waals surface area contributed by atoms with Crippen LogP contribution in [0.2, 0.25) is 0 Å². The summed E-state index contributed by atoms with van der Waals surface area (Å²) in [6.45, 7) is 5.06. The van der Waals surface area contributed by atoms with Gasteiger partial charge >= 0.3 is 5.97 Å². The van der Waals surface area contributed by atoms with Crippen LogP contribution in [0, 0.1) is 5.41 Å². The summed E-state index contributed by atoms with van der Waals surface area (Å²) in [5.41, 5.74) is 1.12. The average molecular weight is 263 g/mol. The van der Waals surface area contributed by atoms with Crippen molar-refractivity contribution in [1.82, 2.24) is 15.3 Å². The van der Waals surface area contributed by atoms with Gasteiger partial charge in [-0.25, -0.2) is 14.8 Å². The number of carboxylic acids is 1. The molecule has 1 atom stereocenters. The Morgan fingerprint density at radius 2 is 2.37 bits per heavy atom. The summed E-state index contributed by atoms with van der Waals surface area (Å²) >= 11 is 0. The second-order valence-electron chi connectivity index (χ2n) is 6.03. The van der Waals surface area contributed by atoms with Crippen molar-refractivity contribution in [2.45, 2.75) is 52.1 Å². The van der Waals surface area contributed by atoms with E-state index in [2.05, 4.69) is 29.1 Å². The van der Waals surface area contributed by atoms with E-state index in [4.69, 9.17) is 5.11 Å². The molecular weight excluding hydrogens is 242 g/mol. The fourth-order valence-electron chi connectivity index (χ4n) is 2.79. The zero-order valence-electron chi connectivity index (χ0n) is 11.5. The third-order valence-corrected chi connectivity index (χ3v) is 3.79. The summed E-state index contributed by atoms with van der Waals surface area (Å²) in [6.07, 6.45) is 7.52. The minimum absolute atomic E-state index is 0.185. The number of aromatic nitrogens is 2. The Morgan fingerprint density at radius 3 is 3.05 bits per heavy atom. The van der Waals surface area contributed by atoms with E-state index in [0.29, 0.717) is 23.7 Å². The summed E-state index contributed by atoms with van der Waals surface area (Å²) < 4.78 is 0. The Bertz CT molecular complexity index is 460. The van der Waals surface area contributed by atoms with Gasteiger partial charge in [0.2, 0.25) is 0 Å². The first kappa shape index (κ1) is 13.9. The molecule has 2 N–H and O–H groups in total. The molecule has 5 heteroatoms. The van der Waals surface area contributed by atoms with Crippen LogP contribution in [0.4, 0.5) is 0 Å². The molecule has 0 spiro atoms. The Morgan fingerprint density at radius 1 is 1.58 bits per heavy atom. The van der Waals surface area contributed by atoms with E-state index in [1.807, 2.05) is 0 Å². The number of aromatic carboxylic acids is 1. The van der Waals surface area contributed by atoms with Crippen LogP contribution in [0.15, 0.2) is 12.5 Å². The molecule has 1 aromatic rings. The lowest BCUT2D eigenvalue weighted by molar-refractivity contribution is 0.0694. The summed E-state index contributed by atoms with van der Waals surface area (Å²) in [7, 11) is 0. The maximum absolute atomic E-state index is 11.1. The first-order valence-corrected chi connectivity index (χ1v) is 6.73. The lowest BCUT2D eigenvalue weighted by Crippen LogP contribution is -2.37. The predicted octanol–water partition coefficient (Wildman–Crippen LogP) is 2.23. The van der Waals surface area contributed by atoms with Crippen molar-refractivity contribution in [3.63, 3.8) is 0 Å². The third kappa shape index (κ3) is 3.73. The monoisotopic (exact) mass is 263 g/mol. The molecule has 1 aliphatic rings. The molecule has 19 heavy (non-hydrogen) atoms. The number of nitrogens with one attached hydrogen (secondary N) is 1. The van der Waals surface area contributed by atoms with Gasteiger partial charge in [-0.15, -0.1) is 0 Å². The molecule has 0 aromatic carbocycles. The average Bonchev–Trinajstić information content (AvgIpc) is 2.35. The van der Waals surface area contributed by atoms with Gasteiger partial charge in [0.25, 0.3) is 0 Å². The molecule has 0 amide bonds. The second-order valence-corrected chi connectivity index (χ2v) is 6.03. The highest BCUT2D eigenvalue weighted by Gasteiger charge is 2.27. The van der Waals surface area contributed by atoms with E-state index in [0.717, 1.165) is 12.8 Å². The Hall–Kier alpha value is -1.49. The van der Waals surface area contributed by atoms with E-state index >= 15 is 0 Å². The quantitative estimate of drug-likeness (QED) is 0.871. The van der Waals surface area contributed by atoms with Crippen LogP contribution in [0.5, 0.6) is 0 Å². The topological polar surface area (TPSA) is 75.1 Å². The molecule has 0 bridgehead atoms. The Balaban J connectivity index is 1.97. The molecule has 1 unspecified atom stereocenters. The van der Waals surface area contributed by atoms with E-state index in [-0.39, 0.29) is 5.56 Å². The minimum Gasteiger partial charge on any atom is -0.478 e. The number of hydrogen-bond donors (Lipinski definition) is 2. The largest absolute Gasteiger partial charge is 0.478 e. The van der Waals surface area contributed by atoms with Gasteiger partial charge in [0.15, 0.2) is 0 Å². The molecular formula is C14H21N3O2. The van der Waals surface area contributed by atoms with Gasteiger partial charge in [-0.05, 0) is 24.7 Å². The number of nitrogens with zero attached hydrogens (tertiary/aromatic N) is 2. The van der Waals surface area contributed by atoms with Crippen LogP contribution in [0.1, 0.15) is 55.6 Å². The second kappa shape index (κ2) is 5.65. The summed E-state index contributed by atoms with van der Waals surface area (Å²) in [4.78, 5) is 18.9. The maximum atomic E-state index is 11.1. The Labute approximate surface area is 113 Å². The van der Waals surface area contributed by atoms with Crippen molar-refractivity contribution < 1.29 is 9.90 Å². The van der Waals surface area contributed by atoms with Gasteiger partial charge < -0.3 is 10.4 Å². The molecule has 1 aromatic heterocycles. The predicted molar refractivity (Wildman–Crippen MR) is 71.9 cm³/mol. The van der Waals surface area contributed by atoms with Crippen molar-refractivity contribution in [2.75, 3.05) is 0 Å². The molecule has 1 heterocycles. The molecule has 0 radical (unpaired) electrons. The molecule has 2 rings (SSSR count). The molecule has 0 aliphatic heterocycles. The van der Waals surface area contributed by atoms with E-state index in [1.54, 1.807) is 0 Å². The highest BCUT2D eigenvalue weighted by atomic mass is 16.4. The van der Waals surface area contributed by atoms with Crippen LogP contribution in [-0.2, 0) is 6.54 Å². The zero-order valence-corrected chi connectivity index (χ0v) is 11.5. The van der Waals surface area contributed by atoms with Crippen molar-refractivity contribution in [3.8, 4) is 0 Å². The van der Waals surface area contributed by atoms with Crippen molar-refractivity contribution >= 4 is 5.97 Å². The van der Waals surface area contributed by atoms with E-state index < -0.39 is 5.97 Å². The number of rotatable bonds is 4. The van der Waals surface area contributed by atoms with E-state index in [1.165, 1.54) is 25.4 Å². The van der Waals surface area contributed by atoms with Crippen LogP contribution < -0.4 is 5.32 Å². The fraction of sp³-hybridized carbons (Fsp3) is 0.643. The summed E-state index contributed by atoms with van der Waals surface area (Å²) in [5.74, 6) is -0.971. The van der Waals surface area contributed by atoms with Gasteiger partial charge in [-0.2, -0.15) is 0 Å². The van der Waals surface area contributed by atoms with Gasteiger partial charge in [-0.1, -0.05) is 20.3 Å². The lowest BCUT2D eigenvalue weighted by atomic mass is 9.75. The summed E-state index contributed by atoms with van der Waals surface area (Å²) in [5, 5.41) is 12.5. The van der Waals surface area contributed by atoms with E-state index in [9.17, 15) is 4.79 Å². The number of hydrogen-bond acceptors (Lipinski definition) is 4. The first-order valence-electron chi connectivity index (χ1n) is 6.73. The SMILES string of the molecule is CC1(C)CCCC(NCc2ncncc2C(=O)O)C1. The minimum atomic E-state index is -0.971. The standard InChI is InChI=1S/C14H21N3O2/c1-14(2)5-3-4-10(6-14)16-8-12-11(13(18)19)7-15-9-17-12/h7,9-10,16H,3-6,8H2,1-2H3,(H,18,19). The number of carbonyl (C=O) groups is 1.